The van der Waals surface area contributed by atoms with Crippen LogP contribution < -0.4 is 15.0 Å². The molecule has 5 nitrogen and oxygen atoms in total. The van der Waals surface area contributed by atoms with Gasteiger partial charge in [-0.25, -0.2) is 9.97 Å². The molecule has 0 radical (unpaired) electrons. The number of nitrogens with zero attached hydrogens (tertiary/aromatic N) is 3. The fourth-order valence-corrected chi connectivity index (χ4v) is 3.06. The molecule has 0 fully saturated rings. The second-order valence-corrected chi connectivity index (χ2v) is 6.76. The minimum Gasteiger partial charge on any atom is -0.406 e. The van der Waals surface area contributed by atoms with Crippen molar-refractivity contribution in [3.8, 4) is 5.75 Å². The van der Waals surface area contributed by atoms with Crippen LogP contribution in [0.2, 0.25) is 0 Å². The van der Waals surface area contributed by atoms with Crippen LogP contribution in [0.4, 0.5) is 24.8 Å². The van der Waals surface area contributed by atoms with E-state index in [2.05, 4.69) is 38.8 Å². The van der Waals surface area contributed by atoms with Crippen LogP contribution in [0.5, 0.6) is 5.75 Å². The van der Waals surface area contributed by atoms with E-state index in [-0.39, 0.29) is 5.75 Å². The molecule has 0 amide bonds. The Balaban J connectivity index is 1.78. The number of anilines is 2. The molecular formula is C19H23F3N4O. The smallest absolute Gasteiger partial charge is 0.406 e. The molecule has 146 valence electrons. The van der Waals surface area contributed by atoms with E-state index < -0.39 is 6.36 Å². The number of aryl methyl sites for hydroxylation is 1. The van der Waals surface area contributed by atoms with E-state index in [1.165, 1.54) is 12.1 Å². The summed E-state index contributed by atoms with van der Waals surface area (Å²) < 4.78 is 41.2. The van der Waals surface area contributed by atoms with Gasteiger partial charge in [0.05, 0.1) is 0 Å². The minimum absolute atomic E-state index is 0.173. The SMILES string of the molecule is CC[C@@H](C)Nc1cc(N2CCc3cc(OC(F)(F)F)ccc3C2)nc(C)n1. The van der Waals surface area contributed by atoms with Crippen LogP contribution in [0.15, 0.2) is 24.3 Å². The van der Waals surface area contributed by atoms with Gasteiger partial charge in [-0.3, -0.25) is 0 Å². The maximum atomic E-state index is 12.4. The Morgan fingerprint density at radius 1 is 1.22 bits per heavy atom. The van der Waals surface area contributed by atoms with Gasteiger partial charge < -0.3 is 15.0 Å². The van der Waals surface area contributed by atoms with Gasteiger partial charge in [0.15, 0.2) is 0 Å². The van der Waals surface area contributed by atoms with E-state index >= 15 is 0 Å². The zero-order chi connectivity index (χ0) is 19.6. The lowest BCUT2D eigenvalue weighted by Gasteiger charge is -2.30. The van der Waals surface area contributed by atoms with Gasteiger partial charge in [-0.1, -0.05) is 13.0 Å². The molecule has 2 heterocycles. The normalized spacial score (nSPS) is 15.3. The topological polar surface area (TPSA) is 50.3 Å². The number of alkyl halides is 3. The number of nitrogens with one attached hydrogen (secondary N) is 1. The van der Waals surface area contributed by atoms with E-state index in [4.69, 9.17) is 0 Å². The van der Waals surface area contributed by atoms with Crippen molar-refractivity contribution in [2.24, 2.45) is 0 Å². The summed E-state index contributed by atoms with van der Waals surface area (Å²) in [5.41, 5.74) is 1.85. The summed E-state index contributed by atoms with van der Waals surface area (Å²) in [5, 5.41) is 3.36. The number of benzene rings is 1. The number of hydrogen-bond acceptors (Lipinski definition) is 5. The van der Waals surface area contributed by atoms with Crippen LogP contribution in [0.25, 0.3) is 0 Å². The highest BCUT2D eigenvalue weighted by Gasteiger charge is 2.31. The molecule has 2 aromatic rings. The van der Waals surface area contributed by atoms with Gasteiger partial charge in [-0.15, -0.1) is 13.2 Å². The Morgan fingerprint density at radius 2 is 2.00 bits per heavy atom. The van der Waals surface area contributed by atoms with Gasteiger partial charge >= 0.3 is 6.36 Å². The number of hydrogen-bond donors (Lipinski definition) is 1. The van der Waals surface area contributed by atoms with Crippen LogP contribution in [-0.4, -0.2) is 28.9 Å². The maximum absolute atomic E-state index is 12.4. The van der Waals surface area contributed by atoms with E-state index in [0.29, 0.717) is 31.4 Å². The third-order valence-electron chi connectivity index (χ3n) is 4.58. The van der Waals surface area contributed by atoms with Crippen LogP contribution in [-0.2, 0) is 13.0 Å². The fraction of sp³-hybridized carbons (Fsp3) is 0.474. The summed E-state index contributed by atoms with van der Waals surface area (Å²) in [6.45, 7) is 7.30. The van der Waals surface area contributed by atoms with Crippen molar-refractivity contribution in [3.63, 3.8) is 0 Å². The monoisotopic (exact) mass is 380 g/mol. The molecule has 1 aromatic heterocycles. The quantitative estimate of drug-likeness (QED) is 0.830. The molecule has 0 bridgehead atoms. The number of rotatable bonds is 5. The van der Waals surface area contributed by atoms with Crippen LogP contribution in [0.1, 0.15) is 37.2 Å². The second kappa shape index (κ2) is 7.62. The lowest BCUT2D eigenvalue weighted by Crippen LogP contribution is -2.31. The van der Waals surface area contributed by atoms with Gasteiger partial charge in [0.1, 0.15) is 23.2 Å². The summed E-state index contributed by atoms with van der Waals surface area (Å²) in [4.78, 5) is 11.1. The van der Waals surface area contributed by atoms with Crippen LogP contribution in [0.3, 0.4) is 0 Å². The molecule has 27 heavy (non-hydrogen) atoms. The Hall–Kier alpha value is -2.51. The van der Waals surface area contributed by atoms with E-state index in [1.807, 2.05) is 13.0 Å². The third kappa shape index (κ3) is 5.02. The molecule has 1 aromatic carbocycles. The first-order chi connectivity index (χ1) is 12.7. The molecule has 8 heteroatoms. The van der Waals surface area contributed by atoms with Crippen molar-refractivity contribution in [2.45, 2.75) is 52.6 Å². The molecule has 0 unspecified atom stereocenters. The van der Waals surface area contributed by atoms with E-state index in [0.717, 1.165) is 29.2 Å². The van der Waals surface area contributed by atoms with E-state index in [1.54, 1.807) is 6.07 Å². The van der Waals surface area contributed by atoms with Gasteiger partial charge in [0, 0.05) is 25.2 Å². The predicted molar refractivity (Wildman–Crippen MR) is 98.0 cm³/mol. The molecule has 1 aliphatic heterocycles. The Labute approximate surface area is 156 Å². The van der Waals surface area contributed by atoms with Crippen molar-refractivity contribution in [2.75, 3.05) is 16.8 Å². The summed E-state index contributed by atoms with van der Waals surface area (Å²) in [5.74, 6) is 2.10. The fourth-order valence-electron chi connectivity index (χ4n) is 3.06. The van der Waals surface area contributed by atoms with Crippen molar-refractivity contribution in [1.29, 1.82) is 0 Å². The van der Waals surface area contributed by atoms with Gasteiger partial charge in [0.2, 0.25) is 0 Å². The molecule has 1 N–H and O–H groups in total. The molecule has 0 aliphatic carbocycles. The van der Waals surface area contributed by atoms with Crippen molar-refractivity contribution in [3.05, 3.63) is 41.2 Å². The number of ether oxygens (including phenoxy) is 1. The van der Waals surface area contributed by atoms with Crippen LogP contribution >= 0.6 is 0 Å². The number of halogens is 3. The average molecular weight is 380 g/mol. The summed E-state index contributed by atoms with van der Waals surface area (Å²) in [6, 6.07) is 6.75. The minimum atomic E-state index is -4.67. The molecule has 1 atom stereocenters. The third-order valence-corrected chi connectivity index (χ3v) is 4.58. The lowest BCUT2D eigenvalue weighted by molar-refractivity contribution is -0.274. The molecular weight excluding hydrogens is 357 g/mol. The van der Waals surface area contributed by atoms with Gasteiger partial charge in [-0.2, -0.15) is 0 Å². The first-order valence-electron chi connectivity index (χ1n) is 8.98. The first kappa shape index (κ1) is 19.3. The predicted octanol–water partition coefficient (Wildman–Crippen LogP) is 4.46. The summed E-state index contributed by atoms with van der Waals surface area (Å²) in [7, 11) is 0. The maximum Gasteiger partial charge on any atom is 0.573 e. The molecule has 3 rings (SSSR count). The van der Waals surface area contributed by atoms with Gasteiger partial charge in [0.25, 0.3) is 0 Å². The number of aromatic nitrogens is 2. The molecule has 0 spiro atoms. The Kier molecular flexibility index (Phi) is 5.43. The number of fused-ring (bicyclic) bond motifs is 1. The average Bonchev–Trinajstić information content (AvgIpc) is 2.59. The second-order valence-electron chi connectivity index (χ2n) is 6.76. The van der Waals surface area contributed by atoms with Crippen molar-refractivity contribution in [1.82, 2.24) is 9.97 Å². The summed E-state index contributed by atoms with van der Waals surface area (Å²) in [6.07, 6.45) is -3.06. The highest BCUT2D eigenvalue weighted by atomic mass is 19.4. The van der Waals surface area contributed by atoms with Crippen molar-refractivity contribution < 1.29 is 17.9 Å². The largest absolute Gasteiger partial charge is 0.573 e. The Morgan fingerprint density at radius 3 is 2.70 bits per heavy atom. The zero-order valence-electron chi connectivity index (χ0n) is 15.6. The van der Waals surface area contributed by atoms with Crippen molar-refractivity contribution >= 4 is 11.6 Å². The Bertz CT molecular complexity index is 810. The molecule has 0 saturated carbocycles. The molecule has 1 aliphatic rings. The first-order valence-corrected chi connectivity index (χ1v) is 8.98. The molecule has 0 saturated heterocycles. The summed E-state index contributed by atoms with van der Waals surface area (Å²) >= 11 is 0. The van der Waals surface area contributed by atoms with Gasteiger partial charge in [-0.05, 0) is 49.9 Å². The zero-order valence-corrected chi connectivity index (χ0v) is 15.6. The van der Waals surface area contributed by atoms with E-state index in [9.17, 15) is 13.2 Å². The van der Waals surface area contributed by atoms with Crippen LogP contribution in [0, 0.1) is 6.92 Å². The highest BCUT2D eigenvalue weighted by Crippen LogP contribution is 2.30. The highest BCUT2D eigenvalue weighted by molar-refractivity contribution is 5.52. The lowest BCUT2D eigenvalue weighted by atomic mass is 9.99. The standard InChI is InChI=1S/C19H23F3N4O/c1-4-12(2)23-17-10-18(25-13(3)24-17)26-8-7-14-9-16(27-19(20,21)22)6-5-15(14)11-26/h5-6,9-10,12H,4,7-8,11H2,1-3H3,(H,23,24,25)/t12-/m1/s1.